The maximum absolute atomic E-state index is 11.7. The molecule has 0 amide bonds. The Bertz CT molecular complexity index is 486. The number of fused-ring (bicyclic) bond motifs is 2. The molecule has 0 aromatic heterocycles. The second-order valence-corrected chi connectivity index (χ2v) is 5.64. The van der Waals surface area contributed by atoms with E-state index in [2.05, 4.69) is 24.3 Å². The van der Waals surface area contributed by atoms with Gasteiger partial charge in [-0.15, -0.1) is 0 Å². The van der Waals surface area contributed by atoms with Crippen molar-refractivity contribution in [2.75, 3.05) is 6.61 Å². The van der Waals surface area contributed by atoms with Crippen molar-refractivity contribution in [3.63, 3.8) is 0 Å². The molecule has 2 aliphatic carbocycles. The molecule has 100 valence electrons. The van der Waals surface area contributed by atoms with E-state index in [1.807, 2.05) is 19.1 Å². The fourth-order valence-corrected chi connectivity index (χ4v) is 3.31. The van der Waals surface area contributed by atoms with Gasteiger partial charge in [0.1, 0.15) is 0 Å². The zero-order valence-corrected chi connectivity index (χ0v) is 11.3. The van der Waals surface area contributed by atoms with Gasteiger partial charge >= 0.3 is 5.97 Å². The van der Waals surface area contributed by atoms with E-state index in [9.17, 15) is 4.79 Å². The molecular formula is C17H20O2. The van der Waals surface area contributed by atoms with Crippen LogP contribution in [0.4, 0.5) is 0 Å². The van der Waals surface area contributed by atoms with E-state index in [4.69, 9.17) is 4.74 Å². The zero-order valence-electron chi connectivity index (χ0n) is 11.3. The third kappa shape index (κ3) is 2.44. The number of hydrogen-bond acceptors (Lipinski definition) is 2. The second-order valence-electron chi connectivity index (χ2n) is 5.64. The monoisotopic (exact) mass is 256 g/mol. The predicted molar refractivity (Wildman–Crippen MR) is 75.1 cm³/mol. The Kier molecular flexibility index (Phi) is 3.41. The van der Waals surface area contributed by atoms with E-state index in [1.165, 1.54) is 18.4 Å². The quantitative estimate of drug-likeness (QED) is 0.602. The molecule has 1 aromatic rings. The van der Waals surface area contributed by atoms with Crippen molar-refractivity contribution in [2.45, 2.75) is 32.1 Å². The van der Waals surface area contributed by atoms with Gasteiger partial charge in [0.15, 0.2) is 0 Å². The predicted octanol–water partition coefficient (Wildman–Crippen LogP) is 3.93. The Morgan fingerprint density at radius 2 is 2.00 bits per heavy atom. The molecular weight excluding hydrogens is 236 g/mol. The minimum Gasteiger partial charge on any atom is -0.462 e. The maximum atomic E-state index is 11.7. The van der Waals surface area contributed by atoms with Crippen molar-refractivity contribution < 1.29 is 9.53 Å². The molecule has 1 saturated carbocycles. The summed E-state index contributed by atoms with van der Waals surface area (Å²) in [5.74, 6) is 1.93. The van der Waals surface area contributed by atoms with Crippen molar-refractivity contribution in [3.8, 4) is 0 Å². The fraction of sp³-hybridized carbons (Fsp3) is 0.471. The van der Waals surface area contributed by atoms with Gasteiger partial charge in [0.2, 0.25) is 0 Å². The average Bonchev–Trinajstić information content (AvgIpc) is 3.07. The van der Waals surface area contributed by atoms with Crippen LogP contribution >= 0.6 is 0 Å². The highest BCUT2D eigenvalue weighted by Gasteiger charge is 2.36. The first-order valence-electron chi connectivity index (χ1n) is 7.23. The van der Waals surface area contributed by atoms with Crippen LogP contribution in [0.3, 0.4) is 0 Å². The Labute approximate surface area is 114 Å². The smallest absolute Gasteiger partial charge is 0.338 e. The molecule has 1 fully saturated rings. The summed E-state index contributed by atoms with van der Waals surface area (Å²) in [6.45, 7) is 2.50. The van der Waals surface area contributed by atoms with Gasteiger partial charge in [-0.25, -0.2) is 4.79 Å². The SMILES string of the molecule is CCCOC(=O)c1ccc(C2CC3C=CC2C3)cc1. The lowest BCUT2D eigenvalue weighted by Crippen LogP contribution is -2.08. The Morgan fingerprint density at radius 1 is 1.21 bits per heavy atom. The lowest BCUT2D eigenvalue weighted by Gasteiger charge is -2.18. The number of allylic oxidation sites excluding steroid dienone is 2. The molecule has 2 nitrogen and oxygen atoms in total. The number of carbonyl (C=O) groups excluding carboxylic acids is 1. The van der Waals surface area contributed by atoms with Crippen LogP contribution in [0.1, 0.15) is 48.0 Å². The molecule has 3 rings (SSSR count). The van der Waals surface area contributed by atoms with E-state index >= 15 is 0 Å². The van der Waals surface area contributed by atoms with Crippen molar-refractivity contribution in [1.82, 2.24) is 0 Å². The van der Waals surface area contributed by atoms with E-state index in [0.29, 0.717) is 24.0 Å². The summed E-state index contributed by atoms with van der Waals surface area (Å²) in [6, 6.07) is 8.01. The highest BCUT2D eigenvalue weighted by atomic mass is 16.5. The molecule has 0 heterocycles. The number of ether oxygens (including phenoxy) is 1. The van der Waals surface area contributed by atoms with Gasteiger partial charge < -0.3 is 4.74 Å². The van der Waals surface area contributed by atoms with Gasteiger partial charge in [0.25, 0.3) is 0 Å². The molecule has 2 heteroatoms. The zero-order chi connectivity index (χ0) is 13.2. The molecule has 19 heavy (non-hydrogen) atoms. The number of rotatable bonds is 4. The lowest BCUT2D eigenvalue weighted by molar-refractivity contribution is 0.0505. The Hall–Kier alpha value is -1.57. The largest absolute Gasteiger partial charge is 0.462 e. The van der Waals surface area contributed by atoms with Gasteiger partial charge in [-0.05, 0) is 54.7 Å². The Balaban J connectivity index is 1.69. The van der Waals surface area contributed by atoms with Crippen LogP contribution in [0.15, 0.2) is 36.4 Å². The van der Waals surface area contributed by atoms with Gasteiger partial charge in [-0.3, -0.25) is 0 Å². The average molecular weight is 256 g/mol. The molecule has 1 aromatic carbocycles. The van der Waals surface area contributed by atoms with Crippen molar-refractivity contribution >= 4 is 5.97 Å². The number of benzene rings is 1. The molecule has 3 atom stereocenters. The summed E-state index contributed by atoms with van der Waals surface area (Å²) in [5, 5.41) is 0. The van der Waals surface area contributed by atoms with Gasteiger partial charge in [-0.2, -0.15) is 0 Å². The first kappa shape index (κ1) is 12.5. The van der Waals surface area contributed by atoms with E-state index in [-0.39, 0.29) is 5.97 Å². The minimum atomic E-state index is -0.207. The first-order valence-corrected chi connectivity index (χ1v) is 7.23. The van der Waals surface area contributed by atoms with Crippen molar-refractivity contribution in [1.29, 1.82) is 0 Å². The van der Waals surface area contributed by atoms with Crippen LogP contribution in [0.5, 0.6) is 0 Å². The first-order chi connectivity index (χ1) is 9.28. The standard InChI is InChI=1S/C17H20O2/c1-2-9-19-17(18)14-7-5-13(6-8-14)16-11-12-3-4-15(16)10-12/h3-8,12,15-16H,2,9-11H2,1H3. The molecule has 0 aliphatic heterocycles. The maximum Gasteiger partial charge on any atom is 0.338 e. The molecule has 0 radical (unpaired) electrons. The highest BCUT2D eigenvalue weighted by molar-refractivity contribution is 5.89. The summed E-state index contributed by atoms with van der Waals surface area (Å²) in [5.41, 5.74) is 2.03. The second kappa shape index (κ2) is 5.20. The highest BCUT2D eigenvalue weighted by Crippen LogP contribution is 2.48. The summed E-state index contributed by atoms with van der Waals surface area (Å²) < 4.78 is 5.14. The van der Waals surface area contributed by atoms with Gasteiger partial charge in [-0.1, -0.05) is 31.2 Å². The summed E-state index contributed by atoms with van der Waals surface area (Å²) >= 11 is 0. The third-order valence-corrected chi connectivity index (χ3v) is 4.29. The fourth-order valence-electron chi connectivity index (χ4n) is 3.31. The van der Waals surface area contributed by atoms with E-state index in [0.717, 1.165) is 12.3 Å². The topological polar surface area (TPSA) is 26.3 Å². The molecule has 3 unspecified atom stereocenters. The summed E-state index contributed by atoms with van der Waals surface area (Å²) in [4.78, 5) is 11.7. The van der Waals surface area contributed by atoms with Crippen LogP contribution in [0.2, 0.25) is 0 Å². The van der Waals surface area contributed by atoms with E-state index < -0.39 is 0 Å². The van der Waals surface area contributed by atoms with Crippen LogP contribution in [0, 0.1) is 11.8 Å². The molecule has 0 spiro atoms. The summed E-state index contributed by atoms with van der Waals surface area (Å²) in [7, 11) is 0. The minimum absolute atomic E-state index is 0.207. The Morgan fingerprint density at radius 3 is 2.58 bits per heavy atom. The van der Waals surface area contributed by atoms with Crippen LogP contribution in [-0.2, 0) is 4.74 Å². The van der Waals surface area contributed by atoms with Crippen LogP contribution in [0.25, 0.3) is 0 Å². The number of esters is 1. The van der Waals surface area contributed by atoms with Crippen LogP contribution < -0.4 is 0 Å². The normalized spacial score (nSPS) is 27.7. The summed E-state index contributed by atoms with van der Waals surface area (Å²) in [6.07, 6.45) is 8.16. The molecule has 2 bridgehead atoms. The van der Waals surface area contributed by atoms with Gasteiger partial charge in [0, 0.05) is 0 Å². The van der Waals surface area contributed by atoms with Crippen molar-refractivity contribution in [2.24, 2.45) is 11.8 Å². The third-order valence-electron chi connectivity index (χ3n) is 4.29. The van der Waals surface area contributed by atoms with E-state index in [1.54, 1.807) is 0 Å². The van der Waals surface area contributed by atoms with Gasteiger partial charge in [0.05, 0.1) is 12.2 Å². The number of carbonyl (C=O) groups is 1. The van der Waals surface area contributed by atoms with Crippen LogP contribution in [-0.4, -0.2) is 12.6 Å². The number of hydrogen-bond donors (Lipinski definition) is 0. The molecule has 0 saturated heterocycles. The lowest BCUT2D eigenvalue weighted by atomic mass is 9.86. The van der Waals surface area contributed by atoms with Crippen molar-refractivity contribution in [3.05, 3.63) is 47.5 Å². The molecule has 2 aliphatic rings. The molecule has 0 N–H and O–H groups in total.